The molecule has 0 spiro atoms. The minimum Gasteiger partial charge on any atom is -0.462 e. The third kappa shape index (κ3) is 3.81. The van der Waals surface area contributed by atoms with E-state index in [0.29, 0.717) is 29.8 Å². The van der Waals surface area contributed by atoms with Crippen LogP contribution < -0.4 is 0 Å². The SMILES string of the molecule is CCC(C)C(=O)OC1C2CC3CC1CC(C2)C3OC(C)(C)c1ccc2ccccc2c1Br. The largest absolute Gasteiger partial charge is 0.462 e. The fourth-order valence-electron chi connectivity index (χ4n) is 6.69. The molecule has 4 aliphatic carbocycles. The highest BCUT2D eigenvalue weighted by Gasteiger charge is 2.56. The van der Waals surface area contributed by atoms with Gasteiger partial charge in [0, 0.05) is 4.47 Å². The predicted molar refractivity (Wildman–Crippen MR) is 131 cm³/mol. The number of carbonyl (C=O) groups excluding carboxylic acids is 1. The van der Waals surface area contributed by atoms with Crippen LogP contribution in [0.15, 0.2) is 40.9 Å². The molecule has 0 heterocycles. The molecule has 4 fully saturated rings. The summed E-state index contributed by atoms with van der Waals surface area (Å²) in [5, 5.41) is 2.48. The van der Waals surface area contributed by atoms with Gasteiger partial charge in [-0.15, -0.1) is 0 Å². The van der Waals surface area contributed by atoms with E-state index < -0.39 is 0 Å². The quantitative estimate of drug-likeness (QED) is 0.393. The van der Waals surface area contributed by atoms with Crippen molar-refractivity contribution in [2.24, 2.45) is 29.6 Å². The summed E-state index contributed by atoms with van der Waals surface area (Å²) in [6.07, 6.45) is 5.79. The van der Waals surface area contributed by atoms with Gasteiger partial charge >= 0.3 is 5.97 Å². The highest BCUT2D eigenvalue weighted by atomic mass is 79.9. The van der Waals surface area contributed by atoms with Crippen LogP contribution in [0.5, 0.6) is 0 Å². The topological polar surface area (TPSA) is 35.5 Å². The second-order valence-corrected chi connectivity index (χ2v) is 11.7. The predicted octanol–water partition coefficient (Wildman–Crippen LogP) is 7.25. The maximum Gasteiger partial charge on any atom is 0.308 e. The Morgan fingerprint density at radius 3 is 2.22 bits per heavy atom. The molecule has 1 unspecified atom stereocenters. The van der Waals surface area contributed by atoms with E-state index in [-0.39, 0.29) is 23.6 Å². The number of hydrogen-bond donors (Lipinski definition) is 0. The Bertz CT molecular complexity index is 983. The summed E-state index contributed by atoms with van der Waals surface area (Å²) in [5.74, 6) is 2.19. The van der Waals surface area contributed by atoms with Gasteiger partial charge in [-0.1, -0.05) is 50.2 Å². The van der Waals surface area contributed by atoms with E-state index in [0.717, 1.165) is 36.6 Å². The second kappa shape index (κ2) is 8.43. The first-order chi connectivity index (χ1) is 15.3. The summed E-state index contributed by atoms with van der Waals surface area (Å²) >= 11 is 3.88. The third-order valence-corrected chi connectivity index (χ3v) is 9.34. The first kappa shape index (κ1) is 22.4. The van der Waals surface area contributed by atoms with Crippen LogP contribution in [0.3, 0.4) is 0 Å². The lowest BCUT2D eigenvalue weighted by molar-refractivity contribution is -0.217. The van der Waals surface area contributed by atoms with Crippen molar-refractivity contribution in [1.29, 1.82) is 0 Å². The van der Waals surface area contributed by atoms with Crippen LogP contribution in [0, 0.1) is 29.6 Å². The van der Waals surface area contributed by atoms with Gasteiger partial charge in [-0.2, -0.15) is 0 Å². The standard InChI is InChI=1S/C28H35BrO3/c1-5-16(2)27(30)31-25-18-12-20-14-19(25)15-21(13-18)26(20)32-28(3,4)23-11-10-17-8-6-7-9-22(17)24(23)29/h6-11,16,18-21,25-26H,5,12-15H2,1-4H3. The Morgan fingerprint density at radius 2 is 1.59 bits per heavy atom. The molecule has 0 N–H and O–H groups in total. The molecule has 2 aromatic rings. The van der Waals surface area contributed by atoms with Gasteiger partial charge in [0.05, 0.1) is 17.6 Å². The maximum absolute atomic E-state index is 12.4. The molecule has 2 aromatic carbocycles. The van der Waals surface area contributed by atoms with Crippen LogP contribution in [0.2, 0.25) is 0 Å². The summed E-state index contributed by atoms with van der Waals surface area (Å²) in [6, 6.07) is 12.9. The molecule has 0 amide bonds. The molecule has 172 valence electrons. The molecule has 0 aromatic heterocycles. The van der Waals surface area contributed by atoms with Crippen molar-refractivity contribution < 1.29 is 14.3 Å². The van der Waals surface area contributed by atoms with E-state index in [1.54, 1.807) is 0 Å². The minimum absolute atomic E-state index is 0.0000566. The second-order valence-electron chi connectivity index (χ2n) is 10.9. The van der Waals surface area contributed by atoms with Crippen LogP contribution in [0.4, 0.5) is 0 Å². The summed E-state index contributed by atoms with van der Waals surface area (Å²) < 4.78 is 14.2. The van der Waals surface area contributed by atoms with Crippen LogP contribution in [0.1, 0.15) is 65.4 Å². The van der Waals surface area contributed by atoms with Gasteiger partial charge in [-0.05, 0) is 102 Å². The molecule has 4 saturated carbocycles. The minimum atomic E-state index is -0.370. The number of benzene rings is 2. The lowest BCUT2D eigenvalue weighted by atomic mass is 9.53. The molecule has 0 saturated heterocycles. The van der Waals surface area contributed by atoms with Gasteiger partial charge in [-0.3, -0.25) is 4.79 Å². The lowest BCUT2D eigenvalue weighted by Gasteiger charge is -2.58. The molecule has 1 atom stereocenters. The summed E-state index contributed by atoms with van der Waals surface area (Å²) in [5.41, 5.74) is 0.844. The Balaban J connectivity index is 1.32. The highest BCUT2D eigenvalue weighted by Crippen LogP contribution is 2.57. The van der Waals surface area contributed by atoms with Crippen LogP contribution >= 0.6 is 15.9 Å². The smallest absolute Gasteiger partial charge is 0.308 e. The monoisotopic (exact) mass is 498 g/mol. The van der Waals surface area contributed by atoms with Crippen molar-refractivity contribution >= 4 is 32.7 Å². The van der Waals surface area contributed by atoms with Gasteiger partial charge in [0.25, 0.3) is 0 Å². The zero-order chi connectivity index (χ0) is 22.6. The fourth-order valence-corrected chi connectivity index (χ4v) is 7.66. The van der Waals surface area contributed by atoms with Crippen molar-refractivity contribution in [2.45, 2.75) is 77.6 Å². The van der Waals surface area contributed by atoms with Crippen molar-refractivity contribution in [3.05, 3.63) is 46.4 Å². The number of rotatable bonds is 6. The molecule has 0 aliphatic heterocycles. The molecule has 4 heteroatoms. The Kier molecular flexibility index (Phi) is 5.90. The lowest BCUT2D eigenvalue weighted by Crippen LogP contribution is -2.57. The Labute approximate surface area is 200 Å². The Hall–Kier alpha value is -1.39. The summed E-state index contributed by atoms with van der Waals surface area (Å²) in [7, 11) is 0. The van der Waals surface area contributed by atoms with Crippen molar-refractivity contribution in [2.75, 3.05) is 0 Å². The average Bonchev–Trinajstić information content (AvgIpc) is 2.76. The van der Waals surface area contributed by atoms with Crippen LogP contribution in [0.25, 0.3) is 10.8 Å². The van der Waals surface area contributed by atoms with Gasteiger partial charge in [0.1, 0.15) is 6.10 Å². The van der Waals surface area contributed by atoms with Crippen LogP contribution in [-0.2, 0) is 19.9 Å². The van der Waals surface area contributed by atoms with E-state index in [9.17, 15) is 4.79 Å². The maximum atomic E-state index is 12.4. The molecule has 32 heavy (non-hydrogen) atoms. The van der Waals surface area contributed by atoms with Crippen LogP contribution in [-0.4, -0.2) is 18.2 Å². The van der Waals surface area contributed by atoms with E-state index >= 15 is 0 Å². The van der Waals surface area contributed by atoms with E-state index in [2.05, 4.69) is 73.1 Å². The summed E-state index contributed by atoms with van der Waals surface area (Å²) in [6.45, 7) is 8.46. The van der Waals surface area contributed by atoms with Gasteiger partial charge in [0.15, 0.2) is 0 Å². The molecular formula is C28H35BrO3. The first-order valence-corrected chi connectivity index (χ1v) is 13.1. The zero-order valence-corrected chi connectivity index (χ0v) is 21.2. The number of halogens is 1. The van der Waals surface area contributed by atoms with Gasteiger partial charge < -0.3 is 9.47 Å². The number of ether oxygens (including phenoxy) is 2. The summed E-state index contributed by atoms with van der Waals surface area (Å²) in [4.78, 5) is 12.4. The van der Waals surface area contributed by atoms with E-state index in [1.807, 2.05) is 6.92 Å². The molecule has 0 radical (unpaired) electrons. The molecule has 3 nitrogen and oxygen atoms in total. The van der Waals surface area contributed by atoms with Crippen molar-refractivity contribution in [1.82, 2.24) is 0 Å². The molecule has 4 aliphatic rings. The Morgan fingerprint density at radius 1 is 1.00 bits per heavy atom. The fraction of sp³-hybridized carbons (Fsp3) is 0.607. The number of fused-ring (bicyclic) bond motifs is 1. The average molecular weight is 499 g/mol. The van der Waals surface area contributed by atoms with Crippen molar-refractivity contribution in [3.63, 3.8) is 0 Å². The van der Waals surface area contributed by atoms with Gasteiger partial charge in [0.2, 0.25) is 0 Å². The van der Waals surface area contributed by atoms with E-state index in [1.165, 1.54) is 16.3 Å². The zero-order valence-electron chi connectivity index (χ0n) is 19.6. The van der Waals surface area contributed by atoms with E-state index in [4.69, 9.17) is 9.47 Å². The van der Waals surface area contributed by atoms with Crippen molar-refractivity contribution in [3.8, 4) is 0 Å². The van der Waals surface area contributed by atoms with Gasteiger partial charge in [-0.25, -0.2) is 0 Å². The molecular weight excluding hydrogens is 464 g/mol. The number of esters is 1. The number of carbonyl (C=O) groups is 1. The third-order valence-electron chi connectivity index (χ3n) is 8.49. The first-order valence-electron chi connectivity index (χ1n) is 12.3. The highest BCUT2D eigenvalue weighted by molar-refractivity contribution is 9.10. The normalized spacial score (nSPS) is 32.3. The number of hydrogen-bond acceptors (Lipinski definition) is 3. The molecule has 6 rings (SSSR count). The molecule has 4 bridgehead atoms.